The van der Waals surface area contributed by atoms with Crippen molar-refractivity contribution in [2.75, 3.05) is 0 Å². The van der Waals surface area contributed by atoms with Crippen LogP contribution in [0, 0.1) is 13.8 Å². The first-order valence-corrected chi connectivity index (χ1v) is 13.3. The van der Waals surface area contributed by atoms with Gasteiger partial charge < -0.3 is 0 Å². The molecule has 0 heterocycles. The summed E-state index contributed by atoms with van der Waals surface area (Å²) in [5, 5.41) is 5.50. The summed E-state index contributed by atoms with van der Waals surface area (Å²) in [5.41, 5.74) is 2.78. The second-order valence-corrected chi connectivity index (χ2v) is 5.16. The van der Waals surface area contributed by atoms with Crippen LogP contribution in [0.5, 0.6) is 0 Å². The van der Waals surface area contributed by atoms with Gasteiger partial charge in [-0.2, -0.15) is 18.2 Å². The van der Waals surface area contributed by atoms with Crippen molar-refractivity contribution in [1.82, 2.24) is 0 Å². The second-order valence-electron chi connectivity index (χ2n) is 5.16. The van der Waals surface area contributed by atoms with Crippen molar-refractivity contribution in [3.63, 3.8) is 0 Å². The summed E-state index contributed by atoms with van der Waals surface area (Å²) in [6.45, 7) is 6.33. The maximum absolute atomic E-state index is 2.30. The van der Waals surface area contributed by atoms with Gasteiger partial charge in [0.15, 0.2) is 0 Å². The molecule has 0 spiro atoms. The molecule has 4 aromatic rings. The normalized spacial score (nSPS) is 9.82. The van der Waals surface area contributed by atoms with Crippen molar-refractivity contribution in [3.05, 3.63) is 83.9 Å². The van der Waals surface area contributed by atoms with E-state index in [4.69, 9.17) is 0 Å². The summed E-state index contributed by atoms with van der Waals surface area (Å²) >= 11 is 1.58. The van der Waals surface area contributed by atoms with Gasteiger partial charge in [0, 0.05) is 0 Å². The quantitative estimate of drug-likeness (QED) is 0.304. The molecule has 0 aromatic heterocycles. The molecule has 0 fully saturated rings. The van der Waals surface area contributed by atoms with Gasteiger partial charge in [-0.3, -0.25) is 0 Å². The third kappa shape index (κ3) is 3.74. The van der Waals surface area contributed by atoms with Gasteiger partial charge in [0.25, 0.3) is 0 Å². The Hall–Kier alpha value is -1.24. The average Bonchev–Trinajstić information content (AvgIpc) is 3.24. The molecule has 0 aliphatic rings. The molecule has 4 rings (SSSR count). The molecule has 0 unspecified atom stereocenters. The number of hydrogen-bond donors (Lipinski definition) is 0. The molecule has 0 saturated carbocycles. The van der Waals surface area contributed by atoms with E-state index in [2.05, 4.69) is 56.3 Å². The largest absolute Gasteiger partial charge is 0.214 e. The van der Waals surface area contributed by atoms with Gasteiger partial charge in [0.1, 0.15) is 0 Å². The number of benzene rings is 2. The monoisotopic (exact) mass is 378 g/mol. The van der Waals surface area contributed by atoms with Crippen LogP contribution in [0.4, 0.5) is 0 Å². The Balaban J connectivity index is 0.000000213. The summed E-state index contributed by atoms with van der Waals surface area (Å²) in [7, 11) is 0. The number of fused-ring (bicyclic) bond motifs is 3. The minimum absolute atomic E-state index is 1.35. The van der Waals surface area contributed by atoms with E-state index < -0.39 is 0 Å². The second kappa shape index (κ2) is 8.41. The molecule has 2 heteroatoms. The molecule has 0 atom stereocenters. The fourth-order valence-electron chi connectivity index (χ4n) is 2.60. The van der Waals surface area contributed by atoms with Crippen molar-refractivity contribution in [1.29, 1.82) is 0 Å². The van der Waals surface area contributed by atoms with E-state index in [9.17, 15) is 0 Å². The Morgan fingerprint density at radius 1 is 0.818 bits per heavy atom. The molecule has 0 nitrogen and oxygen atoms in total. The Labute approximate surface area is 149 Å². The van der Waals surface area contributed by atoms with Crippen LogP contribution in [0.25, 0.3) is 21.5 Å². The molecule has 0 aliphatic carbocycles. The molecule has 0 amide bonds. The smallest absolute Gasteiger partial charge is 0.172 e. The maximum Gasteiger partial charge on any atom is -0.172 e. The van der Waals surface area contributed by atoms with Gasteiger partial charge in [-0.05, 0) is 6.92 Å². The first-order valence-electron chi connectivity index (χ1n) is 7.34. The molecule has 0 radical (unpaired) electrons. The van der Waals surface area contributed by atoms with Gasteiger partial charge in [0.05, 0.1) is 0 Å². The average molecular weight is 380 g/mol. The van der Waals surface area contributed by atoms with Crippen LogP contribution in [0.2, 0.25) is 0 Å². The molecule has 108 valence electrons. The number of rotatable bonds is 0. The molecule has 0 bridgehead atoms. The first-order chi connectivity index (χ1) is 10.8. The van der Waals surface area contributed by atoms with Crippen molar-refractivity contribution in [3.8, 4) is 0 Å². The molecule has 4 aromatic carbocycles. The van der Waals surface area contributed by atoms with Crippen LogP contribution in [-0.4, -0.2) is 6.88 Å². The van der Waals surface area contributed by atoms with E-state index in [1.54, 1.807) is 23.3 Å². The zero-order valence-electron chi connectivity index (χ0n) is 13.1. The maximum atomic E-state index is 2.30. The van der Waals surface area contributed by atoms with Gasteiger partial charge in [-0.1, -0.05) is 42.8 Å². The van der Waals surface area contributed by atoms with Crippen molar-refractivity contribution < 1.29 is 23.3 Å². The van der Waals surface area contributed by atoms with Crippen LogP contribution in [0.3, 0.4) is 0 Å². The minimum Gasteiger partial charge on any atom is -0.214 e. The molecule has 0 aliphatic heterocycles. The molecule has 0 N–H and O–H groups in total. The topological polar surface area (TPSA) is 0 Å². The van der Waals surface area contributed by atoms with E-state index in [1.165, 1.54) is 32.7 Å². The van der Waals surface area contributed by atoms with E-state index in [1.807, 2.05) is 37.2 Å². The molecular weight excluding hydrogens is 360 g/mol. The summed E-state index contributed by atoms with van der Waals surface area (Å²) in [4.78, 5) is 0. The van der Waals surface area contributed by atoms with E-state index >= 15 is 0 Å². The van der Waals surface area contributed by atoms with Crippen LogP contribution in [0.1, 0.15) is 11.1 Å². The van der Waals surface area contributed by atoms with Crippen LogP contribution in [0.15, 0.2) is 72.8 Å². The predicted molar refractivity (Wildman–Crippen MR) is 97.1 cm³/mol. The van der Waals surface area contributed by atoms with Crippen LogP contribution in [-0.2, 0) is 23.3 Å². The first kappa shape index (κ1) is 17.1. The van der Waals surface area contributed by atoms with E-state index in [-0.39, 0.29) is 0 Å². The Kier molecular flexibility index (Phi) is 6.54. The van der Waals surface area contributed by atoms with Crippen molar-refractivity contribution in [2.45, 2.75) is 13.8 Å². The summed E-state index contributed by atoms with van der Waals surface area (Å²) in [6.07, 6.45) is 0. The summed E-state index contributed by atoms with van der Waals surface area (Å²) < 4.78 is 0. The standard InChI is InChI=1S/C15H13.C5H5.H2Si.Zr/c1-10-7-8-14-13-6-4-3-5-12(13)9-15(14)11(10)2;1-2-4-5-3-1;;/h3-9H,1-2H3;1-5H;1H2;/q2*-1;;+2. The van der Waals surface area contributed by atoms with Crippen molar-refractivity contribution in [2.24, 2.45) is 0 Å². The SMILES string of the molecule is Cc1ccc2c([cH-]c3ccccc32)c1C.[SiH2]=[Zr+2].c1cc[cH-]c1. The zero-order valence-corrected chi connectivity index (χ0v) is 17.0. The fraction of sp³-hybridized carbons (Fsp3) is 0.100. The predicted octanol–water partition coefficient (Wildman–Crippen LogP) is 4.82. The fourth-order valence-corrected chi connectivity index (χ4v) is 2.60. The van der Waals surface area contributed by atoms with Gasteiger partial charge in [-0.15, -0.1) is 39.2 Å². The van der Waals surface area contributed by atoms with Gasteiger partial charge >= 0.3 is 30.2 Å². The third-order valence-electron chi connectivity index (χ3n) is 3.89. The Bertz CT molecular complexity index is 824. The number of hydrogen-bond acceptors (Lipinski definition) is 0. The van der Waals surface area contributed by atoms with Crippen LogP contribution >= 0.6 is 0 Å². The minimum atomic E-state index is 1.35. The third-order valence-corrected chi connectivity index (χ3v) is 3.89. The van der Waals surface area contributed by atoms with Gasteiger partial charge in [-0.25, -0.2) is 12.1 Å². The summed E-state index contributed by atoms with van der Waals surface area (Å²) in [6, 6.07) is 25.3. The molecule has 22 heavy (non-hydrogen) atoms. The Morgan fingerprint density at radius 2 is 1.50 bits per heavy atom. The molecule has 0 saturated heterocycles. The Morgan fingerprint density at radius 3 is 2.14 bits per heavy atom. The number of aryl methyl sites for hydroxylation is 2. The van der Waals surface area contributed by atoms with E-state index in [0.29, 0.717) is 0 Å². The summed E-state index contributed by atoms with van der Waals surface area (Å²) in [5.74, 6) is 0. The zero-order chi connectivity index (χ0) is 15.9. The van der Waals surface area contributed by atoms with E-state index in [0.717, 1.165) is 0 Å². The van der Waals surface area contributed by atoms with Gasteiger partial charge in [0.2, 0.25) is 0 Å². The van der Waals surface area contributed by atoms with Crippen molar-refractivity contribution >= 4 is 28.4 Å². The molecular formula is C20H20SiZr. The van der Waals surface area contributed by atoms with Crippen LogP contribution < -0.4 is 0 Å².